The molecule has 25 heavy (non-hydrogen) atoms. The first-order chi connectivity index (χ1) is 12.2. The van der Waals surface area contributed by atoms with E-state index in [4.69, 9.17) is 4.74 Å². The van der Waals surface area contributed by atoms with Gasteiger partial charge in [0.25, 0.3) is 0 Å². The van der Waals surface area contributed by atoms with Gasteiger partial charge >= 0.3 is 0 Å². The summed E-state index contributed by atoms with van der Waals surface area (Å²) < 4.78 is 18.4. The number of halogens is 1. The highest BCUT2D eigenvalue weighted by atomic mass is 32.1. The number of nitrogens with zero attached hydrogens (tertiary/aromatic N) is 2. The van der Waals surface area contributed by atoms with Crippen LogP contribution in [-0.2, 0) is 6.42 Å². The minimum atomic E-state index is -0.258. The Kier molecular flexibility index (Phi) is 8.18. The number of benzene rings is 1. The molecule has 0 atom stereocenters. The Morgan fingerprint density at radius 1 is 1.28 bits per heavy atom. The molecule has 5 nitrogen and oxygen atoms in total. The molecule has 136 valence electrons. The molecule has 2 rings (SSSR count). The van der Waals surface area contributed by atoms with Crippen LogP contribution in [0.2, 0.25) is 0 Å². The van der Waals surface area contributed by atoms with Crippen molar-refractivity contribution in [2.24, 2.45) is 4.99 Å². The van der Waals surface area contributed by atoms with E-state index in [0.29, 0.717) is 18.9 Å². The molecule has 0 aliphatic heterocycles. The maximum absolute atomic E-state index is 12.8. The average molecular weight is 364 g/mol. The lowest BCUT2D eigenvalue weighted by Gasteiger charge is -2.10. The second kappa shape index (κ2) is 10.7. The molecule has 0 radical (unpaired) electrons. The van der Waals surface area contributed by atoms with Crippen molar-refractivity contribution in [1.29, 1.82) is 0 Å². The van der Waals surface area contributed by atoms with Crippen LogP contribution in [0.25, 0.3) is 0 Å². The Morgan fingerprint density at radius 3 is 2.76 bits per heavy atom. The van der Waals surface area contributed by atoms with Gasteiger partial charge in [0.05, 0.1) is 11.6 Å². The van der Waals surface area contributed by atoms with Gasteiger partial charge in [0.2, 0.25) is 0 Å². The summed E-state index contributed by atoms with van der Waals surface area (Å²) in [6.45, 7) is 6.92. The monoisotopic (exact) mass is 364 g/mol. The third-order valence-corrected chi connectivity index (χ3v) is 4.27. The molecule has 0 bridgehead atoms. The second-order valence-corrected chi connectivity index (χ2v) is 6.78. The van der Waals surface area contributed by atoms with Gasteiger partial charge in [-0.1, -0.05) is 0 Å². The van der Waals surface area contributed by atoms with E-state index in [1.165, 1.54) is 17.0 Å². The molecule has 0 fully saturated rings. The zero-order valence-corrected chi connectivity index (χ0v) is 15.5. The van der Waals surface area contributed by atoms with Crippen molar-refractivity contribution in [3.8, 4) is 5.75 Å². The van der Waals surface area contributed by atoms with Crippen LogP contribution in [0.15, 0.2) is 35.5 Å². The fourth-order valence-corrected chi connectivity index (χ4v) is 2.91. The standard InChI is InChI=1S/C18H25FN4OS/c1-3-20-18(22-11-9-17-23-13-14(2)25-17)21-10-4-12-24-16-7-5-15(19)6-8-16/h5-8,13H,3-4,9-12H2,1-2H3,(H2,20,21,22). The maximum atomic E-state index is 12.8. The summed E-state index contributed by atoms with van der Waals surface area (Å²) in [5.41, 5.74) is 0. The number of hydrogen-bond acceptors (Lipinski definition) is 4. The van der Waals surface area contributed by atoms with Crippen molar-refractivity contribution >= 4 is 17.3 Å². The third-order valence-electron chi connectivity index (χ3n) is 3.30. The predicted octanol–water partition coefficient (Wildman–Crippen LogP) is 3.16. The largest absolute Gasteiger partial charge is 0.494 e. The molecule has 0 unspecified atom stereocenters. The molecule has 1 aromatic heterocycles. The highest BCUT2D eigenvalue weighted by Gasteiger charge is 2.01. The fraction of sp³-hybridized carbons (Fsp3) is 0.444. The van der Waals surface area contributed by atoms with Crippen molar-refractivity contribution < 1.29 is 9.13 Å². The van der Waals surface area contributed by atoms with E-state index < -0.39 is 0 Å². The van der Waals surface area contributed by atoms with Gasteiger partial charge in [0.1, 0.15) is 11.6 Å². The van der Waals surface area contributed by atoms with Crippen LogP contribution in [-0.4, -0.2) is 37.2 Å². The Labute approximate surface area is 152 Å². The first-order valence-corrected chi connectivity index (χ1v) is 9.31. The molecule has 7 heteroatoms. The summed E-state index contributed by atoms with van der Waals surface area (Å²) in [4.78, 5) is 10.1. The Hall–Kier alpha value is -2.15. The van der Waals surface area contributed by atoms with Crippen LogP contribution in [0.5, 0.6) is 5.75 Å². The maximum Gasteiger partial charge on any atom is 0.191 e. The molecule has 0 saturated carbocycles. The molecule has 1 aromatic carbocycles. The summed E-state index contributed by atoms with van der Waals surface area (Å²) >= 11 is 1.72. The van der Waals surface area contributed by atoms with E-state index in [1.807, 2.05) is 13.1 Å². The summed E-state index contributed by atoms with van der Waals surface area (Å²) in [6, 6.07) is 6.05. The topological polar surface area (TPSA) is 58.5 Å². The van der Waals surface area contributed by atoms with Crippen molar-refractivity contribution in [1.82, 2.24) is 15.6 Å². The number of thiazole rings is 1. The number of rotatable bonds is 9. The number of ether oxygens (including phenoxy) is 1. The van der Waals surface area contributed by atoms with Gasteiger partial charge in [-0.05, 0) is 38.1 Å². The highest BCUT2D eigenvalue weighted by molar-refractivity contribution is 7.11. The third kappa shape index (κ3) is 7.51. The van der Waals surface area contributed by atoms with Gasteiger partial charge in [-0.25, -0.2) is 9.37 Å². The van der Waals surface area contributed by atoms with Crippen LogP contribution in [0.1, 0.15) is 23.2 Å². The van der Waals surface area contributed by atoms with Crippen LogP contribution >= 0.6 is 11.3 Å². The first kappa shape index (κ1) is 19.2. The minimum absolute atomic E-state index is 0.258. The number of hydrogen-bond donors (Lipinski definition) is 2. The fourth-order valence-electron chi connectivity index (χ4n) is 2.12. The van der Waals surface area contributed by atoms with Crippen molar-refractivity contribution in [2.45, 2.75) is 26.7 Å². The molecule has 2 N–H and O–H groups in total. The van der Waals surface area contributed by atoms with Crippen molar-refractivity contribution in [3.63, 3.8) is 0 Å². The van der Waals surface area contributed by atoms with E-state index in [-0.39, 0.29) is 5.82 Å². The van der Waals surface area contributed by atoms with Crippen molar-refractivity contribution in [2.75, 3.05) is 26.2 Å². The molecule has 0 saturated heterocycles. The van der Waals surface area contributed by atoms with E-state index >= 15 is 0 Å². The SMILES string of the molecule is CCNC(=NCCCOc1ccc(F)cc1)NCCc1ncc(C)s1. The van der Waals surface area contributed by atoms with Crippen LogP contribution in [0.3, 0.4) is 0 Å². The predicted molar refractivity (Wildman–Crippen MR) is 101 cm³/mol. The van der Waals surface area contributed by atoms with Gasteiger partial charge in [-0.2, -0.15) is 0 Å². The van der Waals surface area contributed by atoms with Crippen LogP contribution in [0.4, 0.5) is 4.39 Å². The second-order valence-electron chi connectivity index (χ2n) is 5.46. The lowest BCUT2D eigenvalue weighted by atomic mass is 10.3. The molecule has 0 aliphatic rings. The zero-order chi connectivity index (χ0) is 17.9. The molecule has 0 amide bonds. The quantitative estimate of drug-likeness (QED) is 0.408. The summed E-state index contributed by atoms with van der Waals surface area (Å²) in [5, 5.41) is 7.68. The Morgan fingerprint density at radius 2 is 2.08 bits per heavy atom. The smallest absolute Gasteiger partial charge is 0.191 e. The molecule has 2 aromatic rings. The molecule has 0 aliphatic carbocycles. The zero-order valence-electron chi connectivity index (χ0n) is 14.7. The molecule has 0 spiro atoms. The van der Waals surface area contributed by atoms with Crippen molar-refractivity contribution in [3.05, 3.63) is 46.2 Å². The minimum Gasteiger partial charge on any atom is -0.494 e. The Bertz CT molecular complexity index is 657. The molecule has 1 heterocycles. The number of aromatic nitrogens is 1. The van der Waals surface area contributed by atoms with Gasteiger partial charge in [0, 0.05) is 43.5 Å². The number of nitrogens with one attached hydrogen (secondary N) is 2. The average Bonchev–Trinajstić information content (AvgIpc) is 3.01. The van der Waals surface area contributed by atoms with E-state index in [9.17, 15) is 4.39 Å². The van der Waals surface area contributed by atoms with E-state index in [1.54, 1.807) is 23.5 Å². The highest BCUT2D eigenvalue weighted by Crippen LogP contribution is 2.11. The van der Waals surface area contributed by atoms with E-state index in [2.05, 4.69) is 27.5 Å². The number of guanidine groups is 1. The normalized spacial score (nSPS) is 11.4. The van der Waals surface area contributed by atoms with Crippen LogP contribution < -0.4 is 15.4 Å². The summed E-state index contributed by atoms with van der Waals surface area (Å²) in [6.07, 6.45) is 3.58. The number of aryl methyl sites for hydroxylation is 1. The van der Waals surface area contributed by atoms with Crippen LogP contribution in [0, 0.1) is 12.7 Å². The van der Waals surface area contributed by atoms with Gasteiger partial charge in [0.15, 0.2) is 5.96 Å². The molecular weight excluding hydrogens is 339 g/mol. The molecular formula is C18H25FN4OS. The summed E-state index contributed by atoms with van der Waals surface area (Å²) in [5.74, 6) is 1.22. The number of aliphatic imine (C=N–C) groups is 1. The lowest BCUT2D eigenvalue weighted by molar-refractivity contribution is 0.313. The van der Waals surface area contributed by atoms with Gasteiger partial charge in [-0.15, -0.1) is 11.3 Å². The Balaban J connectivity index is 1.66. The summed E-state index contributed by atoms with van der Waals surface area (Å²) in [7, 11) is 0. The van der Waals surface area contributed by atoms with Gasteiger partial charge < -0.3 is 15.4 Å². The lowest BCUT2D eigenvalue weighted by Crippen LogP contribution is -2.38. The van der Waals surface area contributed by atoms with E-state index in [0.717, 1.165) is 36.9 Å². The van der Waals surface area contributed by atoms with Gasteiger partial charge in [-0.3, -0.25) is 4.99 Å². The first-order valence-electron chi connectivity index (χ1n) is 8.49.